The lowest BCUT2D eigenvalue weighted by Crippen LogP contribution is -2.27. The molecule has 1 aromatic rings. The Hall–Kier alpha value is -1.06. The van der Waals surface area contributed by atoms with Gasteiger partial charge >= 0.3 is 0 Å². The van der Waals surface area contributed by atoms with Crippen LogP contribution in [0.15, 0.2) is 24.9 Å². The number of rotatable bonds is 6. The van der Waals surface area contributed by atoms with Gasteiger partial charge in [0.05, 0.1) is 5.02 Å². The second kappa shape index (κ2) is 5.52. The molecule has 1 saturated carbocycles. The number of aromatic nitrogens is 1. The molecule has 1 aliphatic rings. The van der Waals surface area contributed by atoms with Crippen molar-refractivity contribution >= 4 is 17.4 Å². The summed E-state index contributed by atoms with van der Waals surface area (Å²) in [5.41, 5.74) is 1.11. The highest BCUT2D eigenvalue weighted by Gasteiger charge is 2.30. The van der Waals surface area contributed by atoms with E-state index >= 15 is 0 Å². The van der Waals surface area contributed by atoms with Gasteiger partial charge in [-0.3, -0.25) is 0 Å². The largest absolute Gasteiger partial charge is 0.349 e. The number of hydrogen-bond acceptors (Lipinski definition) is 3. The van der Waals surface area contributed by atoms with Crippen molar-refractivity contribution < 1.29 is 0 Å². The van der Waals surface area contributed by atoms with Gasteiger partial charge in [0.25, 0.3) is 0 Å². The van der Waals surface area contributed by atoms with Crippen LogP contribution >= 0.6 is 11.6 Å². The fourth-order valence-electron chi connectivity index (χ4n) is 1.92. The van der Waals surface area contributed by atoms with Gasteiger partial charge in [0, 0.05) is 25.3 Å². The van der Waals surface area contributed by atoms with E-state index in [0.29, 0.717) is 6.04 Å². The smallest absolute Gasteiger partial charge is 0.147 e. The van der Waals surface area contributed by atoms with Crippen LogP contribution in [0.25, 0.3) is 0 Å². The topological polar surface area (TPSA) is 28.2 Å². The molecule has 0 aliphatic heterocycles. The molecule has 0 radical (unpaired) electrons. The van der Waals surface area contributed by atoms with Crippen molar-refractivity contribution in [2.45, 2.75) is 25.4 Å². The molecule has 0 amide bonds. The van der Waals surface area contributed by atoms with E-state index in [-0.39, 0.29) is 0 Å². The van der Waals surface area contributed by atoms with Crippen molar-refractivity contribution in [1.29, 1.82) is 0 Å². The van der Waals surface area contributed by atoms with Crippen molar-refractivity contribution in [1.82, 2.24) is 10.3 Å². The standard InChI is InChI=1S/C13H18ClN3/c1-3-6-17(11-4-5-11)13-12(14)7-10(8-15-2)9-16-13/h3,7,9,11,15H,1,4-6,8H2,2H3. The normalized spacial score (nSPS) is 14.7. The summed E-state index contributed by atoms with van der Waals surface area (Å²) in [5, 5.41) is 3.82. The van der Waals surface area contributed by atoms with Gasteiger partial charge in [0.2, 0.25) is 0 Å². The molecule has 1 aromatic heterocycles. The van der Waals surface area contributed by atoms with Crippen molar-refractivity contribution in [3.05, 3.63) is 35.5 Å². The first kappa shape index (κ1) is 12.4. The zero-order valence-corrected chi connectivity index (χ0v) is 10.9. The lowest BCUT2D eigenvalue weighted by molar-refractivity contribution is 0.804. The summed E-state index contributed by atoms with van der Waals surface area (Å²) in [6.07, 6.45) is 6.24. The molecule has 4 heteroatoms. The summed E-state index contributed by atoms with van der Waals surface area (Å²) < 4.78 is 0. The summed E-state index contributed by atoms with van der Waals surface area (Å²) in [7, 11) is 1.91. The van der Waals surface area contributed by atoms with Crippen molar-refractivity contribution in [3.8, 4) is 0 Å². The SMILES string of the molecule is C=CCN(c1ncc(CNC)cc1Cl)C1CC1. The van der Waals surface area contributed by atoms with E-state index in [4.69, 9.17) is 11.6 Å². The van der Waals surface area contributed by atoms with Gasteiger partial charge in [0.1, 0.15) is 5.82 Å². The molecule has 0 aromatic carbocycles. The zero-order valence-electron chi connectivity index (χ0n) is 10.1. The number of halogens is 1. The van der Waals surface area contributed by atoms with E-state index in [9.17, 15) is 0 Å². The molecule has 1 heterocycles. The Balaban J connectivity index is 2.21. The van der Waals surface area contributed by atoms with Gasteiger partial charge in [0.15, 0.2) is 0 Å². The van der Waals surface area contributed by atoms with Crippen LogP contribution < -0.4 is 10.2 Å². The molecule has 0 saturated heterocycles. The lowest BCUT2D eigenvalue weighted by Gasteiger charge is -2.23. The van der Waals surface area contributed by atoms with Gasteiger partial charge in [-0.05, 0) is 31.5 Å². The third-order valence-corrected chi connectivity index (χ3v) is 3.12. The number of nitrogens with zero attached hydrogens (tertiary/aromatic N) is 2. The minimum Gasteiger partial charge on any atom is -0.349 e. The molecule has 1 fully saturated rings. The Morgan fingerprint density at radius 2 is 2.41 bits per heavy atom. The number of anilines is 1. The third-order valence-electron chi connectivity index (χ3n) is 2.84. The number of pyridine rings is 1. The summed E-state index contributed by atoms with van der Waals surface area (Å²) in [6.45, 7) is 5.39. The molecule has 0 unspecified atom stereocenters. The molecular weight excluding hydrogens is 234 g/mol. The molecule has 0 spiro atoms. The molecule has 1 aliphatic carbocycles. The second-order valence-corrected chi connectivity index (χ2v) is 4.76. The third kappa shape index (κ3) is 2.99. The average Bonchev–Trinajstić information content (AvgIpc) is 3.11. The van der Waals surface area contributed by atoms with E-state index in [0.717, 1.165) is 29.5 Å². The quantitative estimate of drug-likeness (QED) is 0.788. The van der Waals surface area contributed by atoms with Crippen LogP contribution in [0.3, 0.4) is 0 Å². The van der Waals surface area contributed by atoms with Crippen molar-refractivity contribution in [2.24, 2.45) is 0 Å². The summed E-state index contributed by atoms with van der Waals surface area (Å²) >= 11 is 6.30. The predicted octanol–water partition coefficient (Wildman–Crippen LogP) is 2.61. The Morgan fingerprint density at radius 3 is 2.94 bits per heavy atom. The summed E-state index contributed by atoms with van der Waals surface area (Å²) in [4.78, 5) is 6.72. The Kier molecular flexibility index (Phi) is 4.02. The van der Waals surface area contributed by atoms with Gasteiger partial charge in [-0.2, -0.15) is 0 Å². The molecule has 1 N–H and O–H groups in total. The second-order valence-electron chi connectivity index (χ2n) is 4.35. The zero-order chi connectivity index (χ0) is 12.3. The molecule has 17 heavy (non-hydrogen) atoms. The van der Waals surface area contributed by atoms with Crippen LogP contribution in [0.2, 0.25) is 5.02 Å². The predicted molar refractivity (Wildman–Crippen MR) is 72.6 cm³/mol. The first-order valence-electron chi connectivity index (χ1n) is 5.92. The van der Waals surface area contributed by atoms with E-state index in [1.54, 1.807) is 0 Å². The highest BCUT2D eigenvalue weighted by atomic mass is 35.5. The Bertz CT molecular complexity index is 402. The van der Waals surface area contributed by atoms with E-state index in [1.165, 1.54) is 12.8 Å². The van der Waals surface area contributed by atoms with Crippen LogP contribution in [0.5, 0.6) is 0 Å². The van der Waals surface area contributed by atoms with Gasteiger partial charge < -0.3 is 10.2 Å². The molecule has 0 bridgehead atoms. The van der Waals surface area contributed by atoms with Crippen LogP contribution in [0, 0.1) is 0 Å². The highest BCUT2D eigenvalue weighted by Crippen LogP contribution is 2.34. The lowest BCUT2D eigenvalue weighted by atomic mass is 10.2. The minimum absolute atomic E-state index is 0.591. The molecule has 92 valence electrons. The first-order chi connectivity index (χ1) is 8.26. The maximum atomic E-state index is 6.30. The highest BCUT2D eigenvalue weighted by molar-refractivity contribution is 6.33. The van der Waals surface area contributed by atoms with E-state index in [1.807, 2.05) is 25.4 Å². The maximum Gasteiger partial charge on any atom is 0.147 e. The van der Waals surface area contributed by atoms with Crippen LogP contribution in [-0.2, 0) is 6.54 Å². The van der Waals surface area contributed by atoms with Gasteiger partial charge in [-0.15, -0.1) is 6.58 Å². The van der Waals surface area contributed by atoms with E-state index in [2.05, 4.69) is 21.8 Å². The minimum atomic E-state index is 0.591. The number of hydrogen-bond donors (Lipinski definition) is 1. The summed E-state index contributed by atoms with van der Waals surface area (Å²) in [5.74, 6) is 0.883. The summed E-state index contributed by atoms with van der Waals surface area (Å²) in [6, 6.07) is 2.58. The monoisotopic (exact) mass is 251 g/mol. The van der Waals surface area contributed by atoms with Crippen molar-refractivity contribution in [2.75, 3.05) is 18.5 Å². The number of nitrogens with one attached hydrogen (secondary N) is 1. The van der Waals surface area contributed by atoms with Crippen LogP contribution in [-0.4, -0.2) is 24.6 Å². The Labute approximate surface area is 107 Å². The molecule has 3 nitrogen and oxygen atoms in total. The molecule has 2 rings (SSSR count). The van der Waals surface area contributed by atoms with E-state index < -0.39 is 0 Å². The first-order valence-corrected chi connectivity index (χ1v) is 6.30. The fourth-order valence-corrected chi connectivity index (χ4v) is 2.21. The fraction of sp³-hybridized carbons (Fsp3) is 0.462. The van der Waals surface area contributed by atoms with Gasteiger partial charge in [-0.25, -0.2) is 4.98 Å². The van der Waals surface area contributed by atoms with Crippen molar-refractivity contribution in [3.63, 3.8) is 0 Å². The van der Waals surface area contributed by atoms with Crippen LogP contribution in [0.1, 0.15) is 18.4 Å². The Morgan fingerprint density at radius 1 is 1.65 bits per heavy atom. The van der Waals surface area contributed by atoms with Gasteiger partial charge in [-0.1, -0.05) is 17.7 Å². The molecular formula is C13H18ClN3. The average molecular weight is 252 g/mol. The molecule has 0 atom stereocenters. The van der Waals surface area contributed by atoms with Crippen LogP contribution in [0.4, 0.5) is 5.82 Å². The maximum absolute atomic E-state index is 6.30.